The lowest BCUT2D eigenvalue weighted by molar-refractivity contribution is -0.196. The van der Waals surface area contributed by atoms with E-state index in [2.05, 4.69) is 20.6 Å². The third kappa shape index (κ3) is 39.4. The van der Waals surface area contributed by atoms with Gasteiger partial charge in [0.2, 0.25) is 6.40 Å². The van der Waals surface area contributed by atoms with Crippen molar-refractivity contribution in [1.82, 2.24) is 10.6 Å². The van der Waals surface area contributed by atoms with Gasteiger partial charge in [-0.2, -0.15) is 28.4 Å². The number of carbonyl (C=O) groups is 2. The molecule has 12 nitrogen and oxygen atoms in total. The molecule has 0 saturated carbocycles. The fraction of sp³-hybridized carbons (Fsp3) is 0.826. The number of amides is 2. The Morgan fingerprint density at radius 2 is 1.31 bits per heavy atom. The second-order valence-corrected chi connectivity index (χ2v) is 19.4. The van der Waals surface area contributed by atoms with Crippen molar-refractivity contribution in [2.24, 2.45) is 9.98 Å². The number of aliphatic imine (C=N–C) groups is 2. The van der Waals surface area contributed by atoms with Crippen LogP contribution in [0.3, 0.4) is 0 Å². The number of ether oxygens (including phenoxy) is 1. The SMILES string of the molecule is O=C(NCCSCSCCN=CS(=O)CCSCSCCSC(=O)NCCSCSCCN=COOCSCO)OCSCO. The molecule has 0 heterocycles. The Hall–Kier alpha value is 1.06. The number of thioether (sulfide) groups is 9. The molecule has 4 N–H and O–H groups in total. The minimum absolute atomic E-state index is 0.0108. The summed E-state index contributed by atoms with van der Waals surface area (Å²) in [5, 5.41) is 25.5. The number of hydrogen-bond acceptors (Lipinski definition) is 19. The molecule has 1 atom stereocenters. The number of nitrogens with zero attached hydrogens (tertiary/aromatic N) is 2. The third-order valence-corrected chi connectivity index (χ3v) is 14.3. The Morgan fingerprint density at radius 1 is 0.711 bits per heavy atom. The van der Waals surface area contributed by atoms with Crippen molar-refractivity contribution in [3.8, 4) is 0 Å². The number of rotatable bonds is 33. The van der Waals surface area contributed by atoms with Crippen LogP contribution in [0.1, 0.15) is 0 Å². The van der Waals surface area contributed by atoms with E-state index in [1.165, 1.54) is 29.9 Å². The first-order chi connectivity index (χ1) is 22.1. The van der Waals surface area contributed by atoms with E-state index >= 15 is 0 Å². The number of aliphatic hydroxyl groups excluding tert-OH is 2. The van der Waals surface area contributed by atoms with Crippen LogP contribution in [-0.4, -0.2) is 149 Å². The molecule has 0 aliphatic rings. The van der Waals surface area contributed by atoms with E-state index in [1.807, 2.05) is 0 Å². The summed E-state index contributed by atoms with van der Waals surface area (Å²) < 4.78 is 16.9. The molecule has 1 unspecified atom stereocenters. The van der Waals surface area contributed by atoms with Crippen molar-refractivity contribution >= 4 is 140 Å². The molecule has 0 aliphatic heterocycles. The molecule has 0 aliphatic carbocycles. The first kappa shape index (κ1) is 46.1. The second kappa shape index (κ2) is 39.5. The summed E-state index contributed by atoms with van der Waals surface area (Å²) in [5.41, 5.74) is 1.55. The maximum atomic E-state index is 12.0. The molecule has 0 rings (SSSR count). The van der Waals surface area contributed by atoms with E-state index in [9.17, 15) is 13.8 Å². The van der Waals surface area contributed by atoms with Gasteiger partial charge >= 0.3 is 6.09 Å². The molecule has 0 aromatic rings. The summed E-state index contributed by atoms with van der Waals surface area (Å²) in [6.45, 7) is 2.45. The Labute approximate surface area is 307 Å². The van der Waals surface area contributed by atoms with E-state index in [-0.39, 0.29) is 29.0 Å². The topological polar surface area (TPSA) is 168 Å². The molecular weight excluding hydrogens is 781 g/mol. The zero-order valence-corrected chi connectivity index (χ0v) is 33.1. The van der Waals surface area contributed by atoms with Crippen LogP contribution in [0.5, 0.6) is 0 Å². The van der Waals surface area contributed by atoms with Crippen LogP contribution in [0.25, 0.3) is 0 Å². The van der Waals surface area contributed by atoms with Gasteiger partial charge in [-0.3, -0.25) is 19.0 Å². The predicted molar refractivity (Wildman–Crippen MR) is 211 cm³/mol. The average Bonchev–Trinajstić information content (AvgIpc) is 3.03. The van der Waals surface area contributed by atoms with Gasteiger partial charge in [-0.05, 0) is 0 Å². The van der Waals surface area contributed by atoms with E-state index in [0.717, 1.165) is 67.3 Å². The fourth-order valence-electron chi connectivity index (χ4n) is 2.19. The minimum Gasteiger partial charge on any atom is -0.438 e. The van der Waals surface area contributed by atoms with Crippen LogP contribution in [-0.2, 0) is 25.3 Å². The van der Waals surface area contributed by atoms with Gasteiger partial charge in [0, 0.05) is 80.9 Å². The van der Waals surface area contributed by atoms with Crippen LogP contribution in [0, 0.1) is 0 Å². The highest BCUT2D eigenvalue weighted by molar-refractivity contribution is 8.18. The standard InChI is InChI=1S/C23H44N4O8S10/c28-15-42-17-33-22(30)26-3-7-38-20-37-6-2-25-14-45(32)12-11-41-21-40-9-10-44-23(31)27-4-8-39-19-36-5-1-24-13-34-35-18-43-16-29/h13-14,28-29H,1-12,15-21H2,(H,26,30)(H,27,31). The van der Waals surface area contributed by atoms with E-state index in [1.54, 1.807) is 76.1 Å². The molecule has 0 fully saturated rings. The highest BCUT2D eigenvalue weighted by Crippen LogP contribution is 2.15. The molecule has 0 aromatic carbocycles. The van der Waals surface area contributed by atoms with Gasteiger partial charge in [0.05, 0.1) is 34.8 Å². The molecule has 0 saturated heterocycles. The Balaban J connectivity index is 3.37. The van der Waals surface area contributed by atoms with E-state index in [0.29, 0.717) is 31.9 Å². The maximum absolute atomic E-state index is 12.0. The zero-order valence-electron chi connectivity index (χ0n) is 24.9. The highest BCUT2D eigenvalue weighted by Gasteiger charge is 2.03. The van der Waals surface area contributed by atoms with Crippen molar-refractivity contribution in [2.75, 3.05) is 111 Å². The maximum Gasteiger partial charge on any atom is 0.408 e. The van der Waals surface area contributed by atoms with Crippen molar-refractivity contribution in [1.29, 1.82) is 0 Å². The fourth-order valence-corrected chi connectivity index (χ4v) is 10.6. The minimum atomic E-state index is -1.05. The number of hydrogen-bond donors (Lipinski definition) is 4. The Kier molecular flexibility index (Phi) is 40.4. The number of aliphatic hydroxyl groups is 2. The third-order valence-electron chi connectivity index (χ3n) is 4.12. The highest BCUT2D eigenvalue weighted by atomic mass is 32.2. The van der Waals surface area contributed by atoms with Crippen LogP contribution in [0.15, 0.2) is 9.98 Å². The number of carbonyl (C=O) groups excluding carboxylic acids is 2. The summed E-state index contributed by atoms with van der Waals surface area (Å²) in [6, 6.07) is 0. The number of nitrogens with one attached hydrogen (secondary N) is 2. The molecule has 0 bridgehead atoms. The molecule has 264 valence electrons. The van der Waals surface area contributed by atoms with Gasteiger partial charge in [-0.1, -0.05) is 23.5 Å². The lowest BCUT2D eigenvalue weighted by Crippen LogP contribution is -2.26. The van der Waals surface area contributed by atoms with Crippen molar-refractivity contribution < 1.29 is 38.5 Å². The molecule has 22 heteroatoms. The lowest BCUT2D eigenvalue weighted by atomic mass is 10.7. The lowest BCUT2D eigenvalue weighted by Gasteiger charge is -2.05. The van der Waals surface area contributed by atoms with Crippen LogP contribution in [0.2, 0.25) is 0 Å². The Bertz CT molecular complexity index is 781. The monoisotopic (exact) mass is 824 g/mol. The normalized spacial score (nSPS) is 12.1. The van der Waals surface area contributed by atoms with Crippen LogP contribution < -0.4 is 10.6 Å². The van der Waals surface area contributed by atoms with Gasteiger partial charge in [0.15, 0.2) is 0 Å². The van der Waals surface area contributed by atoms with Gasteiger partial charge in [-0.15, -0.1) is 58.8 Å². The summed E-state index contributed by atoms with van der Waals surface area (Å²) in [5.74, 6) is 6.75. The summed E-state index contributed by atoms with van der Waals surface area (Å²) in [7, 11) is -1.05. The summed E-state index contributed by atoms with van der Waals surface area (Å²) in [6.07, 6.45) is 0.789. The van der Waals surface area contributed by atoms with Crippen molar-refractivity contribution in [2.45, 2.75) is 0 Å². The van der Waals surface area contributed by atoms with E-state index in [4.69, 9.17) is 24.7 Å². The van der Waals surface area contributed by atoms with Crippen molar-refractivity contribution in [3.05, 3.63) is 0 Å². The van der Waals surface area contributed by atoms with Crippen LogP contribution in [0.4, 0.5) is 9.59 Å². The molecule has 0 radical (unpaired) electrons. The van der Waals surface area contributed by atoms with Gasteiger partial charge in [0.25, 0.3) is 5.24 Å². The number of alkyl carbamates (subject to hydrolysis) is 1. The first-order valence-electron chi connectivity index (χ1n) is 13.4. The van der Waals surface area contributed by atoms with Gasteiger partial charge < -0.3 is 30.5 Å². The van der Waals surface area contributed by atoms with Gasteiger partial charge in [0.1, 0.15) is 11.9 Å². The molecular formula is C23H44N4O8S10. The zero-order chi connectivity index (χ0) is 32.9. The summed E-state index contributed by atoms with van der Waals surface area (Å²) in [4.78, 5) is 41.0. The smallest absolute Gasteiger partial charge is 0.408 e. The first-order valence-corrected chi connectivity index (χ1v) is 25.0. The molecule has 45 heavy (non-hydrogen) atoms. The van der Waals surface area contributed by atoms with E-state index < -0.39 is 16.9 Å². The largest absolute Gasteiger partial charge is 0.438 e. The van der Waals surface area contributed by atoms with Crippen molar-refractivity contribution in [3.63, 3.8) is 0 Å². The van der Waals surface area contributed by atoms with Crippen LogP contribution >= 0.6 is 106 Å². The predicted octanol–water partition coefficient (Wildman–Crippen LogP) is 4.46. The molecule has 0 aromatic heterocycles. The Morgan fingerprint density at radius 3 is 2.02 bits per heavy atom. The quantitative estimate of drug-likeness (QED) is 0.0183. The van der Waals surface area contributed by atoms with Gasteiger partial charge in [-0.25, -0.2) is 4.79 Å². The summed E-state index contributed by atoms with van der Waals surface area (Å²) >= 11 is 14.2. The second-order valence-electron chi connectivity index (χ2n) is 7.45. The molecule has 2 amide bonds. The average molecular weight is 825 g/mol. The molecule has 0 spiro atoms.